The van der Waals surface area contributed by atoms with E-state index in [1.54, 1.807) is 38.1 Å². The lowest BCUT2D eigenvalue weighted by Gasteiger charge is -2.18. The number of thioether (sulfide) groups is 1. The van der Waals surface area contributed by atoms with E-state index in [1.165, 1.54) is 99.9 Å². The van der Waals surface area contributed by atoms with Crippen LogP contribution in [0.4, 0.5) is 11.4 Å². The van der Waals surface area contributed by atoms with Gasteiger partial charge in [0.2, 0.25) is 11.2 Å². The van der Waals surface area contributed by atoms with Gasteiger partial charge < -0.3 is 24.8 Å². The third kappa shape index (κ3) is 16.1. The number of carbonyl (C=O) groups excluding carboxylic acids is 6. The molecule has 1 aromatic heterocycles. The predicted molar refractivity (Wildman–Crippen MR) is 243 cm³/mol. The van der Waals surface area contributed by atoms with Gasteiger partial charge in [-0.05, 0) is 74.4 Å². The molecule has 3 aromatic carbocycles. The van der Waals surface area contributed by atoms with E-state index >= 15 is 0 Å². The van der Waals surface area contributed by atoms with Gasteiger partial charge >= 0.3 is 17.9 Å². The quantitative estimate of drug-likeness (QED) is 0.0152. The predicted octanol–water partition coefficient (Wildman–Crippen LogP) is 10.5. The zero-order chi connectivity index (χ0) is 45.7. The summed E-state index contributed by atoms with van der Waals surface area (Å²) >= 11 is 14.1. The minimum atomic E-state index is -1.71. The first-order chi connectivity index (χ1) is 30.3. The van der Waals surface area contributed by atoms with Crippen molar-refractivity contribution in [3.8, 4) is 0 Å². The number of hydrogen-bond acceptors (Lipinski definition) is 12. The number of nitrogens with one attached hydrogen (secondary N) is 2. The maximum atomic E-state index is 14.1. The normalized spacial score (nSPS) is 11.9. The molecule has 63 heavy (non-hydrogen) atoms. The van der Waals surface area contributed by atoms with Crippen molar-refractivity contribution in [2.24, 2.45) is 0 Å². The molecule has 0 radical (unpaired) electrons. The highest BCUT2D eigenvalue weighted by atomic mass is 35.5. The molecule has 17 heteroatoms. The molecule has 1 heterocycles. The van der Waals surface area contributed by atoms with Crippen LogP contribution in [0.3, 0.4) is 0 Å². The highest BCUT2D eigenvalue weighted by molar-refractivity contribution is 7.98. The molecule has 2 unspecified atom stereocenters. The second kappa shape index (κ2) is 26.4. The van der Waals surface area contributed by atoms with Gasteiger partial charge in [-0.15, -0.1) is 5.10 Å². The molecule has 0 spiro atoms. The summed E-state index contributed by atoms with van der Waals surface area (Å²) in [4.78, 5) is 82.7. The summed E-state index contributed by atoms with van der Waals surface area (Å²) in [5.41, 5.74) is 1.56. The fourth-order valence-corrected chi connectivity index (χ4v) is 7.30. The zero-order valence-electron chi connectivity index (χ0n) is 36.1. The van der Waals surface area contributed by atoms with Gasteiger partial charge in [-0.2, -0.15) is 0 Å². The van der Waals surface area contributed by atoms with E-state index in [-0.39, 0.29) is 57.6 Å². The van der Waals surface area contributed by atoms with Crippen molar-refractivity contribution in [2.75, 3.05) is 23.8 Å². The van der Waals surface area contributed by atoms with Crippen LogP contribution in [0.2, 0.25) is 10.0 Å². The fraction of sp³-hybridized carbons (Fsp3) is 0.435. The standard InChI is InChI=1S/C46H55Cl2N5O9S/c1-5-8-9-10-11-12-13-14-15-16-25-61-43(57)30(4)62-45(59)34-22-24-36(48)38(27-34)51-42(56)40(41(55)50-37-26-33(39(54)6-2)21-23-35(37)47)53-29-49-46(52-53)63-28-31-17-19-32(20-18-31)44(58)60-7-3/h17-24,26-27,29-30,40H,5-16,25,28H2,1-4H3,(H,50,55)(H,51,56). The Bertz CT molecular complexity index is 2180. The Morgan fingerprint density at radius 2 is 1.25 bits per heavy atom. The van der Waals surface area contributed by atoms with Gasteiger partial charge in [0.15, 0.2) is 11.9 Å². The molecular weight excluding hydrogens is 870 g/mol. The largest absolute Gasteiger partial charge is 0.463 e. The van der Waals surface area contributed by atoms with Gasteiger partial charge in [0.05, 0.1) is 45.8 Å². The van der Waals surface area contributed by atoms with Crippen molar-refractivity contribution in [1.82, 2.24) is 14.8 Å². The second-order valence-electron chi connectivity index (χ2n) is 14.7. The van der Waals surface area contributed by atoms with E-state index in [2.05, 4.69) is 27.6 Å². The van der Waals surface area contributed by atoms with Crippen molar-refractivity contribution in [1.29, 1.82) is 0 Å². The summed E-state index contributed by atoms with van der Waals surface area (Å²) in [6.07, 6.45) is 11.6. The summed E-state index contributed by atoms with van der Waals surface area (Å²) in [6.45, 7) is 7.51. The van der Waals surface area contributed by atoms with Crippen LogP contribution in [0.25, 0.3) is 0 Å². The maximum Gasteiger partial charge on any atom is 0.347 e. The molecule has 338 valence electrons. The summed E-state index contributed by atoms with van der Waals surface area (Å²) in [5, 5.41) is 10.0. The Labute approximate surface area is 382 Å². The van der Waals surface area contributed by atoms with Gasteiger partial charge in [0.25, 0.3) is 11.8 Å². The molecule has 4 rings (SSSR count). The van der Waals surface area contributed by atoms with Crippen LogP contribution in [0, 0.1) is 0 Å². The Hall–Kier alpha value is -5.25. The van der Waals surface area contributed by atoms with Crippen LogP contribution in [0.1, 0.15) is 141 Å². The number of ketones is 1. The second-order valence-corrected chi connectivity index (χ2v) is 16.4. The highest BCUT2D eigenvalue weighted by Gasteiger charge is 2.32. The first-order valence-corrected chi connectivity index (χ1v) is 23.0. The summed E-state index contributed by atoms with van der Waals surface area (Å²) in [7, 11) is 0. The van der Waals surface area contributed by atoms with E-state index < -0.39 is 41.9 Å². The SMILES string of the molecule is CCCCCCCCCCCCOC(=O)C(C)OC(=O)c1ccc(Cl)c(NC(=O)C(C(=O)Nc2cc(C(=O)CC)ccc2Cl)n2cnc(SCc3ccc(C(=O)OCC)cc3)n2)c1. The molecule has 0 aliphatic heterocycles. The lowest BCUT2D eigenvalue weighted by Crippen LogP contribution is -2.36. The molecule has 0 aliphatic rings. The number of nitrogens with zero attached hydrogens (tertiary/aromatic N) is 3. The van der Waals surface area contributed by atoms with Crippen LogP contribution in [-0.4, -0.2) is 69.6 Å². The number of carbonyl (C=O) groups is 6. The Morgan fingerprint density at radius 3 is 1.84 bits per heavy atom. The van der Waals surface area contributed by atoms with Crippen LogP contribution >= 0.6 is 35.0 Å². The lowest BCUT2D eigenvalue weighted by molar-refractivity contribution is -0.153. The average molecular weight is 925 g/mol. The first-order valence-electron chi connectivity index (χ1n) is 21.3. The van der Waals surface area contributed by atoms with E-state index in [0.717, 1.165) is 29.5 Å². The number of halogens is 2. The average Bonchev–Trinajstić information content (AvgIpc) is 3.74. The van der Waals surface area contributed by atoms with Crippen molar-refractivity contribution in [3.63, 3.8) is 0 Å². The molecule has 0 saturated heterocycles. The van der Waals surface area contributed by atoms with Crippen molar-refractivity contribution < 1.29 is 43.0 Å². The van der Waals surface area contributed by atoms with Crippen LogP contribution < -0.4 is 10.6 Å². The number of unbranched alkanes of at least 4 members (excludes halogenated alkanes) is 9. The summed E-state index contributed by atoms with van der Waals surface area (Å²) in [6, 6.07) is 13.5. The summed E-state index contributed by atoms with van der Waals surface area (Å²) in [5.74, 6) is -3.59. The molecule has 2 N–H and O–H groups in total. The number of anilines is 2. The highest BCUT2D eigenvalue weighted by Crippen LogP contribution is 2.28. The van der Waals surface area contributed by atoms with Gasteiger partial charge in [0.1, 0.15) is 6.33 Å². The topological polar surface area (TPSA) is 185 Å². The molecule has 0 saturated carbocycles. The molecular formula is C46H55Cl2N5O9S. The number of esters is 3. The number of hydrogen-bond donors (Lipinski definition) is 2. The van der Waals surface area contributed by atoms with Gasteiger partial charge in [-0.25, -0.2) is 24.0 Å². The molecule has 0 fully saturated rings. The molecule has 14 nitrogen and oxygen atoms in total. The lowest BCUT2D eigenvalue weighted by atomic mass is 10.1. The number of aromatic nitrogens is 3. The molecule has 4 aromatic rings. The summed E-state index contributed by atoms with van der Waals surface area (Å²) < 4.78 is 16.8. The van der Waals surface area contributed by atoms with Gasteiger partial charge in [-0.3, -0.25) is 14.4 Å². The maximum absolute atomic E-state index is 14.1. The smallest absolute Gasteiger partial charge is 0.347 e. The van der Waals surface area contributed by atoms with E-state index in [4.69, 9.17) is 37.4 Å². The number of benzene rings is 3. The Balaban J connectivity index is 1.43. The minimum absolute atomic E-state index is 0.0284. The van der Waals surface area contributed by atoms with Crippen molar-refractivity contribution in [2.45, 2.75) is 121 Å². The monoisotopic (exact) mass is 923 g/mol. The van der Waals surface area contributed by atoms with Crippen molar-refractivity contribution in [3.05, 3.63) is 99.3 Å². The molecule has 0 bridgehead atoms. The zero-order valence-corrected chi connectivity index (χ0v) is 38.4. The van der Waals surface area contributed by atoms with Gasteiger partial charge in [-0.1, -0.05) is 119 Å². The van der Waals surface area contributed by atoms with Gasteiger partial charge in [0, 0.05) is 17.7 Å². The fourth-order valence-electron chi connectivity index (χ4n) is 6.21. The van der Waals surface area contributed by atoms with Crippen LogP contribution in [0.5, 0.6) is 0 Å². The van der Waals surface area contributed by atoms with E-state index in [0.29, 0.717) is 23.3 Å². The molecule has 0 aliphatic carbocycles. The van der Waals surface area contributed by atoms with Crippen LogP contribution in [-0.2, 0) is 34.3 Å². The van der Waals surface area contributed by atoms with Crippen LogP contribution in [0.15, 0.2) is 72.1 Å². The van der Waals surface area contributed by atoms with E-state index in [1.807, 2.05) is 0 Å². The third-order valence-electron chi connectivity index (χ3n) is 9.77. The number of amides is 2. The number of ether oxygens (including phenoxy) is 3. The molecule has 2 amide bonds. The van der Waals surface area contributed by atoms with E-state index in [9.17, 15) is 28.8 Å². The Morgan fingerprint density at radius 1 is 0.698 bits per heavy atom. The minimum Gasteiger partial charge on any atom is -0.463 e. The first kappa shape index (κ1) is 50.4. The molecule has 2 atom stereocenters. The van der Waals surface area contributed by atoms with Crippen molar-refractivity contribution >= 4 is 81.8 Å². The number of Topliss-reactive ketones (excluding diaryl/α,β-unsaturated/α-hetero) is 1. The Kier molecular flexibility index (Phi) is 21.1. The third-order valence-corrected chi connectivity index (χ3v) is 11.3. The number of rotatable bonds is 26.